The minimum atomic E-state index is -1.75. The van der Waals surface area contributed by atoms with E-state index in [0.29, 0.717) is 12.3 Å². The van der Waals surface area contributed by atoms with Crippen LogP contribution >= 0.6 is 0 Å². The summed E-state index contributed by atoms with van der Waals surface area (Å²) in [5.41, 5.74) is 10.3. The lowest BCUT2D eigenvalue weighted by Crippen LogP contribution is -2.46. The molecule has 0 saturated heterocycles. The zero-order valence-electron chi connectivity index (χ0n) is 7.98. The average Bonchev–Trinajstić information content (AvgIpc) is 2.08. The Hall–Kier alpha value is -0.940. The van der Waals surface area contributed by atoms with E-state index < -0.39 is 23.8 Å². The summed E-state index contributed by atoms with van der Waals surface area (Å²) in [4.78, 5) is 21.8. The topological polar surface area (TPSA) is 106 Å². The molecule has 0 aliphatic heterocycles. The third-order valence-electron chi connectivity index (χ3n) is 2.72. The molecule has 0 aromatic heterocycles. The largest absolute Gasteiger partial charge is 0.376 e. The quantitative estimate of drug-likeness (QED) is 0.491. The molecule has 5 N–H and O–H groups in total. The van der Waals surface area contributed by atoms with Crippen LogP contribution in [0.1, 0.15) is 25.7 Å². The number of nitrogens with two attached hydrogens (primary N) is 2. The van der Waals surface area contributed by atoms with Crippen molar-refractivity contribution in [2.24, 2.45) is 17.4 Å². The van der Waals surface area contributed by atoms with Crippen molar-refractivity contribution in [3.8, 4) is 0 Å². The molecule has 0 spiro atoms. The van der Waals surface area contributed by atoms with Crippen molar-refractivity contribution in [3.05, 3.63) is 0 Å². The molecule has 2 atom stereocenters. The second-order valence-corrected chi connectivity index (χ2v) is 3.85. The molecule has 0 radical (unpaired) electrons. The molecule has 1 saturated carbocycles. The van der Waals surface area contributed by atoms with E-state index in [1.165, 1.54) is 6.42 Å². The third-order valence-corrected chi connectivity index (χ3v) is 2.72. The van der Waals surface area contributed by atoms with Gasteiger partial charge in [-0.25, -0.2) is 0 Å². The number of ketones is 1. The maximum atomic E-state index is 11.3. The van der Waals surface area contributed by atoms with Crippen molar-refractivity contribution in [1.82, 2.24) is 0 Å². The number of Topliss-reactive ketones (excluding diaryl/α,β-unsaturated/α-hetero) is 1. The number of rotatable bonds is 5. The molecule has 80 valence electrons. The Labute approximate surface area is 82.5 Å². The summed E-state index contributed by atoms with van der Waals surface area (Å²) in [5.74, 6) is -1.22. The fraction of sp³-hybridized carbons (Fsp3) is 0.778. The molecule has 5 nitrogen and oxygen atoms in total. The van der Waals surface area contributed by atoms with Crippen LogP contribution in [0.4, 0.5) is 0 Å². The van der Waals surface area contributed by atoms with Gasteiger partial charge in [-0.2, -0.15) is 0 Å². The van der Waals surface area contributed by atoms with Crippen LogP contribution in [-0.2, 0) is 9.59 Å². The highest BCUT2D eigenvalue weighted by Gasteiger charge is 2.30. The van der Waals surface area contributed by atoms with Crippen molar-refractivity contribution in [3.63, 3.8) is 0 Å². The highest BCUT2D eigenvalue weighted by molar-refractivity contribution is 6.05. The van der Waals surface area contributed by atoms with Gasteiger partial charge in [0.25, 0.3) is 5.91 Å². The van der Waals surface area contributed by atoms with E-state index in [0.717, 1.165) is 12.8 Å². The molecule has 1 rings (SSSR count). The Kier molecular flexibility index (Phi) is 3.60. The number of hydrogen-bond donors (Lipinski definition) is 3. The molecule has 2 unspecified atom stereocenters. The zero-order valence-corrected chi connectivity index (χ0v) is 7.98. The fourth-order valence-electron chi connectivity index (χ4n) is 1.55. The molecule has 1 aliphatic rings. The first-order valence-corrected chi connectivity index (χ1v) is 4.79. The average molecular weight is 200 g/mol. The molecule has 0 aromatic carbocycles. The van der Waals surface area contributed by atoms with Gasteiger partial charge in [-0.15, -0.1) is 0 Å². The molecule has 0 aromatic rings. The maximum absolute atomic E-state index is 11.3. The molecular weight excluding hydrogens is 184 g/mol. The molecule has 14 heavy (non-hydrogen) atoms. The Morgan fingerprint density at radius 1 is 1.43 bits per heavy atom. The smallest absolute Gasteiger partial charge is 0.254 e. The summed E-state index contributed by atoms with van der Waals surface area (Å²) in [6.45, 7) is 0. The maximum Gasteiger partial charge on any atom is 0.254 e. The van der Waals surface area contributed by atoms with E-state index in [-0.39, 0.29) is 0 Å². The van der Waals surface area contributed by atoms with E-state index >= 15 is 0 Å². The minimum Gasteiger partial charge on any atom is -0.376 e. The van der Waals surface area contributed by atoms with Gasteiger partial charge in [-0.05, 0) is 12.3 Å². The van der Waals surface area contributed by atoms with Crippen molar-refractivity contribution in [2.75, 3.05) is 0 Å². The van der Waals surface area contributed by atoms with Crippen LogP contribution < -0.4 is 11.5 Å². The number of aliphatic hydroxyl groups is 1. The molecule has 1 fully saturated rings. The van der Waals surface area contributed by atoms with Crippen LogP contribution in [0.2, 0.25) is 0 Å². The number of aliphatic hydroxyl groups excluding tert-OH is 1. The number of carbonyl (C=O) groups is 2. The van der Waals surface area contributed by atoms with Gasteiger partial charge >= 0.3 is 0 Å². The first-order valence-electron chi connectivity index (χ1n) is 4.79. The summed E-state index contributed by atoms with van der Waals surface area (Å²) in [5, 5.41) is 9.06. The van der Waals surface area contributed by atoms with E-state index in [1.807, 2.05) is 0 Å². The Bertz CT molecular complexity index is 238. The van der Waals surface area contributed by atoms with Crippen LogP contribution in [0, 0.1) is 5.92 Å². The van der Waals surface area contributed by atoms with Gasteiger partial charge in [0.1, 0.15) is 0 Å². The van der Waals surface area contributed by atoms with Crippen molar-refractivity contribution in [1.29, 1.82) is 0 Å². The summed E-state index contributed by atoms with van der Waals surface area (Å²) in [7, 11) is 0. The number of amides is 1. The predicted octanol–water partition coefficient (Wildman–Crippen LogP) is -1.08. The highest BCUT2D eigenvalue weighted by atomic mass is 16.3. The van der Waals surface area contributed by atoms with Gasteiger partial charge < -0.3 is 16.6 Å². The van der Waals surface area contributed by atoms with Crippen LogP contribution in [0.3, 0.4) is 0 Å². The van der Waals surface area contributed by atoms with Gasteiger partial charge in [0.05, 0.1) is 6.04 Å². The predicted molar refractivity (Wildman–Crippen MR) is 50.1 cm³/mol. The normalized spacial score (nSPS) is 21.0. The summed E-state index contributed by atoms with van der Waals surface area (Å²) < 4.78 is 0. The Morgan fingerprint density at radius 2 is 2.00 bits per heavy atom. The first kappa shape index (κ1) is 11.1. The zero-order chi connectivity index (χ0) is 10.7. The van der Waals surface area contributed by atoms with Crippen LogP contribution in [0.25, 0.3) is 0 Å². The number of carbonyl (C=O) groups excluding carboxylic acids is 2. The number of hydrogen-bond acceptors (Lipinski definition) is 4. The summed E-state index contributed by atoms with van der Waals surface area (Å²) in [6, 6.07) is -0.761. The highest BCUT2D eigenvalue weighted by Crippen LogP contribution is 2.30. The van der Waals surface area contributed by atoms with E-state index in [2.05, 4.69) is 0 Å². The van der Waals surface area contributed by atoms with E-state index in [1.54, 1.807) is 0 Å². The van der Waals surface area contributed by atoms with Gasteiger partial charge in [0, 0.05) is 0 Å². The van der Waals surface area contributed by atoms with Crippen LogP contribution in [0.5, 0.6) is 0 Å². The third kappa shape index (κ3) is 2.52. The SMILES string of the molecule is NC(=O)C(O)C(=O)C(N)CC1CCC1. The second kappa shape index (κ2) is 4.52. The molecule has 5 heteroatoms. The van der Waals surface area contributed by atoms with Crippen molar-refractivity contribution in [2.45, 2.75) is 37.8 Å². The molecular formula is C9H16N2O3. The second-order valence-electron chi connectivity index (χ2n) is 3.85. The minimum absolute atomic E-state index is 0.467. The molecule has 1 aliphatic carbocycles. The van der Waals surface area contributed by atoms with E-state index in [9.17, 15) is 9.59 Å². The van der Waals surface area contributed by atoms with Gasteiger partial charge in [0.2, 0.25) is 0 Å². The molecule has 0 bridgehead atoms. The lowest BCUT2D eigenvalue weighted by atomic mass is 9.80. The lowest BCUT2D eigenvalue weighted by molar-refractivity contribution is -0.139. The lowest BCUT2D eigenvalue weighted by Gasteiger charge is -2.27. The fourth-order valence-corrected chi connectivity index (χ4v) is 1.55. The Morgan fingerprint density at radius 3 is 2.36 bits per heavy atom. The summed E-state index contributed by atoms with van der Waals surface area (Å²) >= 11 is 0. The van der Waals surface area contributed by atoms with Crippen molar-refractivity contribution < 1.29 is 14.7 Å². The monoisotopic (exact) mass is 200 g/mol. The Balaban J connectivity index is 2.38. The number of primary amides is 1. The molecule has 1 amide bonds. The summed E-state index contributed by atoms with van der Waals surface area (Å²) in [6.07, 6.45) is 2.12. The molecule has 0 heterocycles. The van der Waals surface area contributed by atoms with Crippen LogP contribution in [0.15, 0.2) is 0 Å². The van der Waals surface area contributed by atoms with E-state index in [4.69, 9.17) is 16.6 Å². The van der Waals surface area contributed by atoms with Gasteiger partial charge in [-0.1, -0.05) is 19.3 Å². The van der Waals surface area contributed by atoms with Crippen molar-refractivity contribution >= 4 is 11.7 Å². The van der Waals surface area contributed by atoms with Gasteiger partial charge in [0.15, 0.2) is 11.9 Å². The first-order chi connectivity index (χ1) is 6.52. The van der Waals surface area contributed by atoms with Crippen LogP contribution in [-0.4, -0.2) is 28.9 Å². The van der Waals surface area contributed by atoms with Gasteiger partial charge in [-0.3, -0.25) is 9.59 Å². The standard InChI is InChI=1S/C9H16N2O3/c10-6(4-5-2-1-3-5)7(12)8(13)9(11)14/h5-6,8,13H,1-4,10H2,(H2,11,14).